The van der Waals surface area contributed by atoms with Gasteiger partial charge in [-0.25, -0.2) is 4.39 Å². The van der Waals surface area contributed by atoms with Gasteiger partial charge in [-0.3, -0.25) is 10.1 Å². The number of nitrogens with one attached hydrogen (secondary N) is 2. The molecule has 1 aromatic rings. The predicted octanol–water partition coefficient (Wildman–Crippen LogP) is 1.90. The van der Waals surface area contributed by atoms with E-state index in [0.29, 0.717) is 13.1 Å². The van der Waals surface area contributed by atoms with Crippen molar-refractivity contribution in [1.29, 1.82) is 0 Å². The highest BCUT2D eigenvalue weighted by molar-refractivity contribution is 9.10. The lowest BCUT2D eigenvalue weighted by atomic mass is 10.2. The number of ether oxygens (including phenoxy) is 1. The molecule has 8 heteroatoms. The van der Waals surface area contributed by atoms with Crippen LogP contribution in [0.3, 0.4) is 0 Å². The molecule has 19 heavy (non-hydrogen) atoms. The van der Waals surface area contributed by atoms with Gasteiger partial charge in [-0.15, -0.1) is 0 Å². The number of hydrogen-bond acceptors (Lipinski definition) is 5. The van der Waals surface area contributed by atoms with Crippen LogP contribution in [-0.4, -0.2) is 37.3 Å². The summed E-state index contributed by atoms with van der Waals surface area (Å²) in [5.41, 5.74) is -0.0171. The molecule has 0 saturated carbocycles. The van der Waals surface area contributed by atoms with E-state index in [1.165, 1.54) is 6.07 Å². The third-order valence-electron chi connectivity index (χ3n) is 3.04. The summed E-state index contributed by atoms with van der Waals surface area (Å²) in [4.78, 5) is 10.3. The highest BCUT2D eigenvalue weighted by Crippen LogP contribution is 2.31. The monoisotopic (exact) mass is 333 g/mol. The zero-order valence-electron chi connectivity index (χ0n) is 10.2. The summed E-state index contributed by atoms with van der Waals surface area (Å²) >= 11 is 3.03. The third kappa shape index (κ3) is 3.02. The first-order valence-electron chi connectivity index (χ1n) is 5.66. The Kier molecular flexibility index (Phi) is 4.33. The summed E-state index contributed by atoms with van der Waals surface area (Å²) in [6, 6.07) is 2.18. The number of rotatable bonds is 4. The lowest BCUT2D eigenvalue weighted by Gasteiger charge is -2.19. The zero-order valence-corrected chi connectivity index (χ0v) is 11.7. The topological polar surface area (TPSA) is 76.4 Å². The van der Waals surface area contributed by atoms with E-state index in [-0.39, 0.29) is 28.0 Å². The fourth-order valence-electron chi connectivity index (χ4n) is 2.05. The van der Waals surface area contributed by atoms with Gasteiger partial charge >= 0.3 is 0 Å². The van der Waals surface area contributed by atoms with Crippen LogP contribution in [0.2, 0.25) is 0 Å². The van der Waals surface area contributed by atoms with Crippen molar-refractivity contribution < 1.29 is 14.1 Å². The second-order valence-corrected chi connectivity index (χ2v) is 5.08. The number of hydrogen-bond donors (Lipinski definition) is 2. The molecule has 1 aromatic carbocycles. The molecular formula is C11H13BrFN3O3. The fraction of sp³-hybridized carbons (Fsp3) is 0.455. The molecule has 6 nitrogen and oxygen atoms in total. The summed E-state index contributed by atoms with van der Waals surface area (Å²) in [5.74, 6) is -0.662. The highest BCUT2D eigenvalue weighted by atomic mass is 79.9. The number of nitro benzene ring substituents is 1. The van der Waals surface area contributed by atoms with E-state index < -0.39 is 10.7 Å². The highest BCUT2D eigenvalue weighted by Gasteiger charge is 2.29. The lowest BCUT2D eigenvalue weighted by Crippen LogP contribution is -2.33. The second kappa shape index (κ2) is 5.81. The number of anilines is 1. The maximum Gasteiger partial charge on any atom is 0.295 e. The van der Waals surface area contributed by atoms with Crippen LogP contribution in [0.25, 0.3) is 0 Å². The van der Waals surface area contributed by atoms with Gasteiger partial charge in [0.25, 0.3) is 5.69 Å². The first kappa shape index (κ1) is 14.2. The van der Waals surface area contributed by atoms with E-state index in [0.717, 1.165) is 6.07 Å². The van der Waals surface area contributed by atoms with E-state index in [9.17, 15) is 14.5 Å². The average Bonchev–Trinajstić information content (AvgIpc) is 2.80. The van der Waals surface area contributed by atoms with E-state index in [1.807, 2.05) is 0 Å². The van der Waals surface area contributed by atoms with Crippen molar-refractivity contribution in [2.75, 3.05) is 25.5 Å². The van der Waals surface area contributed by atoms with Crippen molar-refractivity contribution in [1.82, 2.24) is 5.32 Å². The molecule has 0 spiro atoms. The third-order valence-corrected chi connectivity index (χ3v) is 3.65. The Morgan fingerprint density at radius 2 is 2.32 bits per heavy atom. The predicted molar refractivity (Wildman–Crippen MR) is 71.8 cm³/mol. The van der Waals surface area contributed by atoms with Crippen molar-refractivity contribution >= 4 is 27.3 Å². The molecule has 104 valence electrons. The lowest BCUT2D eigenvalue weighted by molar-refractivity contribution is -0.384. The molecule has 1 aliphatic rings. The maximum atomic E-state index is 13.4. The summed E-state index contributed by atoms with van der Waals surface area (Å²) in [5, 5.41) is 17.1. The Morgan fingerprint density at radius 1 is 1.58 bits per heavy atom. The van der Waals surface area contributed by atoms with Crippen LogP contribution in [0.4, 0.5) is 15.8 Å². The van der Waals surface area contributed by atoms with Crippen molar-refractivity contribution in [3.8, 4) is 0 Å². The van der Waals surface area contributed by atoms with E-state index >= 15 is 0 Å². The molecule has 2 rings (SSSR count). The Morgan fingerprint density at radius 3 is 2.95 bits per heavy atom. The van der Waals surface area contributed by atoms with Gasteiger partial charge in [-0.05, 0) is 22.0 Å². The summed E-state index contributed by atoms with van der Waals surface area (Å²) < 4.78 is 18.8. The molecule has 1 saturated heterocycles. The Balaban J connectivity index is 2.28. The molecule has 0 aliphatic carbocycles. The van der Waals surface area contributed by atoms with Crippen LogP contribution in [0.15, 0.2) is 16.6 Å². The SMILES string of the molecule is CO[C@H]1CNCC1Nc1cc(Br)c(F)cc1[N+](=O)[O-]. The molecule has 0 aromatic heterocycles. The standard InChI is InChI=1S/C11H13BrFN3O3/c1-19-11-5-14-4-9(11)15-8-2-6(12)7(13)3-10(8)16(17)18/h2-3,9,11,14-15H,4-5H2,1H3/t9?,11-/m0/s1. The van der Waals surface area contributed by atoms with Crippen LogP contribution in [0.1, 0.15) is 0 Å². The summed E-state index contributed by atoms with van der Waals surface area (Å²) in [7, 11) is 1.58. The number of methoxy groups -OCH3 is 1. The van der Waals surface area contributed by atoms with Gasteiger partial charge in [0.15, 0.2) is 0 Å². The van der Waals surface area contributed by atoms with E-state index in [4.69, 9.17) is 4.74 Å². The number of halogens is 2. The molecule has 1 fully saturated rings. The quantitative estimate of drug-likeness (QED) is 0.650. The van der Waals surface area contributed by atoms with Gasteiger partial charge in [0.1, 0.15) is 11.5 Å². The fourth-order valence-corrected chi connectivity index (χ4v) is 2.39. The zero-order chi connectivity index (χ0) is 14.0. The minimum Gasteiger partial charge on any atom is -0.378 e. The van der Waals surface area contributed by atoms with Crippen molar-refractivity contribution in [3.63, 3.8) is 0 Å². The molecule has 0 radical (unpaired) electrons. The van der Waals surface area contributed by atoms with Gasteiger partial charge in [0.2, 0.25) is 0 Å². The van der Waals surface area contributed by atoms with Crippen LogP contribution >= 0.6 is 15.9 Å². The molecule has 2 N–H and O–H groups in total. The van der Waals surface area contributed by atoms with Gasteiger partial charge < -0.3 is 15.4 Å². The first-order valence-corrected chi connectivity index (χ1v) is 6.45. The van der Waals surface area contributed by atoms with Crippen molar-refractivity contribution in [2.24, 2.45) is 0 Å². The average molecular weight is 334 g/mol. The molecule has 0 bridgehead atoms. The van der Waals surface area contributed by atoms with Crippen LogP contribution < -0.4 is 10.6 Å². The Labute approximate surface area is 117 Å². The maximum absolute atomic E-state index is 13.4. The van der Waals surface area contributed by atoms with E-state index in [1.54, 1.807) is 7.11 Å². The minimum atomic E-state index is -0.662. The van der Waals surface area contributed by atoms with Crippen LogP contribution in [0, 0.1) is 15.9 Å². The van der Waals surface area contributed by atoms with E-state index in [2.05, 4.69) is 26.6 Å². The number of nitrogens with zero attached hydrogens (tertiary/aromatic N) is 1. The normalized spacial score (nSPS) is 22.5. The molecule has 0 amide bonds. The van der Waals surface area contributed by atoms with Crippen LogP contribution in [0.5, 0.6) is 0 Å². The van der Waals surface area contributed by atoms with Gasteiger partial charge in [-0.2, -0.15) is 0 Å². The summed E-state index contributed by atoms with van der Waals surface area (Å²) in [6.07, 6.45) is -0.0802. The van der Waals surface area contributed by atoms with Gasteiger partial charge in [-0.1, -0.05) is 0 Å². The number of benzene rings is 1. The largest absolute Gasteiger partial charge is 0.378 e. The Hall–Kier alpha value is -1.25. The number of nitro groups is 1. The van der Waals surface area contributed by atoms with Crippen molar-refractivity contribution in [2.45, 2.75) is 12.1 Å². The second-order valence-electron chi connectivity index (χ2n) is 4.22. The van der Waals surface area contributed by atoms with Crippen molar-refractivity contribution in [3.05, 3.63) is 32.5 Å². The first-order chi connectivity index (χ1) is 9.02. The minimum absolute atomic E-state index is 0.0802. The van der Waals surface area contributed by atoms with Gasteiger partial charge in [0, 0.05) is 20.2 Å². The molecule has 1 aliphatic heterocycles. The Bertz CT molecular complexity index is 500. The summed E-state index contributed by atoms with van der Waals surface area (Å²) in [6.45, 7) is 1.30. The smallest absolute Gasteiger partial charge is 0.295 e. The van der Waals surface area contributed by atoms with Crippen LogP contribution in [-0.2, 0) is 4.74 Å². The molecule has 2 atom stereocenters. The van der Waals surface area contributed by atoms with Gasteiger partial charge in [0.05, 0.1) is 27.6 Å². The molecule has 1 unspecified atom stereocenters. The molecule has 1 heterocycles. The molecular weight excluding hydrogens is 321 g/mol.